The Labute approximate surface area is 188 Å². The van der Waals surface area contributed by atoms with Crippen molar-refractivity contribution >= 4 is 22.5 Å². The van der Waals surface area contributed by atoms with Crippen molar-refractivity contribution in [3.05, 3.63) is 48.3 Å². The Morgan fingerprint density at radius 1 is 1.06 bits per heavy atom. The molecule has 3 atom stereocenters. The van der Waals surface area contributed by atoms with E-state index in [1.54, 1.807) is 0 Å². The lowest BCUT2D eigenvalue weighted by molar-refractivity contribution is 0.119. The summed E-state index contributed by atoms with van der Waals surface area (Å²) in [6.07, 6.45) is 7.38. The summed E-state index contributed by atoms with van der Waals surface area (Å²) in [4.78, 5) is 2.35. The summed E-state index contributed by atoms with van der Waals surface area (Å²) >= 11 is 6.85. The van der Waals surface area contributed by atoms with Gasteiger partial charge >= 0.3 is 0 Å². The number of para-hydroxylation sites is 1. The van der Waals surface area contributed by atoms with Gasteiger partial charge in [0.1, 0.15) is 0 Å². The van der Waals surface area contributed by atoms with Crippen LogP contribution >= 0.6 is 11.6 Å². The Morgan fingerprint density at radius 3 is 2.74 bits per heavy atom. The Bertz CT molecular complexity index is 994. The third-order valence-electron chi connectivity index (χ3n) is 7.19. The first-order chi connectivity index (χ1) is 15.2. The summed E-state index contributed by atoms with van der Waals surface area (Å²) < 4.78 is 8.50. The van der Waals surface area contributed by atoms with E-state index in [4.69, 9.17) is 16.0 Å². The number of aromatic nitrogens is 3. The lowest BCUT2D eigenvalue weighted by Crippen LogP contribution is -2.34. The minimum absolute atomic E-state index is 0.104. The molecular formula is C24H31ClN4O2. The van der Waals surface area contributed by atoms with E-state index in [1.807, 2.05) is 0 Å². The molecule has 5 rings (SSSR count). The Kier molecular flexibility index (Phi) is 6.30. The number of halogens is 1. The number of hydrogen-bond acceptors (Lipinski definition) is 5. The van der Waals surface area contributed by atoms with Crippen molar-refractivity contribution in [3.63, 3.8) is 0 Å². The molecule has 1 saturated carbocycles. The zero-order chi connectivity index (χ0) is 21.2. The van der Waals surface area contributed by atoms with Gasteiger partial charge in [-0.1, -0.05) is 24.6 Å². The molecule has 0 bridgehead atoms. The topological polar surface area (TPSA) is 67.3 Å². The number of nitrogens with zero attached hydrogens (tertiary/aromatic N) is 4. The van der Waals surface area contributed by atoms with E-state index in [-0.39, 0.29) is 23.8 Å². The summed E-state index contributed by atoms with van der Waals surface area (Å²) in [6.45, 7) is 3.78. The summed E-state index contributed by atoms with van der Waals surface area (Å²) in [5.74, 6) is 2.33. The standard InChI is InChI=1S/C24H31ClN4O2/c25-21-6-3-5-19(20(21)14-29-13-10-18-4-1-2-7-22(18)29)24-27-26-23(31-24)15-28-11-8-17(16-30)9-12-28/h1-2,4,7,10,13,17,19-21,30H,3,5-6,8-9,11-12,14-16H2. The molecule has 0 spiro atoms. The monoisotopic (exact) mass is 442 g/mol. The van der Waals surface area contributed by atoms with Crippen LogP contribution in [0.1, 0.15) is 49.8 Å². The van der Waals surface area contributed by atoms with Crippen LogP contribution in [0.5, 0.6) is 0 Å². The summed E-state index contributed by atoms with van der Waals surface area (Å²) in [6, 6.07) is 10.6. The molecule has 1 aromatic carbocycles. The SMILES string of the molecule is OCC1CCN(Cc2nnc(C3CCCC(Cl)C3Cn3ccc4ccccc43)o2)CC1. The van der Waals surface area contributed by atoms with Crippen LogP contribution in [-0.4, -0.2) is 49.8 Å². The van der Waals surface area contributed by atoms with Crippen LogP contribution in [0.25, 0.3) is 10.9 Å². The maximum Gasteiger partial charge on any atom is 0.230 e. The van der Waals surface area contributed by atoms with Gasteiger partial charge in [-0.3, -0.25) is 4.90 Å². The smallest absolute Gasteiger partial charge is 0.230 e. The van der Waals surface area contributed by atoms with E-state index < -0.39 is 0 Å². The predicted octanol–water partition coefficient (Wildman–Crippen LogP) is 4.42. The number of benzene rings is 1. The third kappa shape index (κ3) is 4.52. The summed E-state index contributed by atoms with van der Waals surface area (Å²) in [5, 5.41) is 19.5. The minimum Gasteiger partial charge on any atom is -0.424 e. The molecule has 0 amide bonds. The first kappa shape index (κ1) is 21.0. The van der Waals surface area contributed by atoms with Gasteiger partial charge in [-0.05, 0) is 62.2 Å². The second-order valence-corrected chi connectivity index (χ2v) is 9.74. The number of fused-ring (bicyclic) bond motifs is 1. The molecule has 2 aliphatic rings. The van der Waals surface area contributed by atoms with Crippen molar-refractivity contribution < 1.29 is 9.52 Å². The molecule has 1 saturated heterocycles. The number of piperidine rings is 1. The molecule has 0 radical (unpaired) electrons. The Balaban J connectivity index is 1.30. The van der Waals surface area contributed by atoms with E-state index in [2.05, 4.69) is 56.2 Å². The van der Waals surface area contributed by atoms with Crippen LogP contribution in [0.4, 0.5) is 0 Å². The highest BCUT2D eigenvalue weighted by Crippen LogP contribution is 2.41. The quantitative estimate of drug-likeness (QED) is 0.572. The molecule has 6 nitrogen and oxygen atoms in total. The second kappa shape index (κ2) is 9.31. The van der Waals surface area contributed by atoms with Crippen molar-refractivity contribution in [1.29, 1.82) is 0 Å². The third-order valence-corrected chi connectivity index (χ3v) is 7.73. The van der Waals surface area contributed by atoms with Gasteiger partial charge in [-0.15, -0.1) is 21.8 Å². The van der Waals surface area contributed by atoms with Crippen LogP contribution in [0.15, 0.2) is 40.9 Å². The van der Waals surface area contributed by atoms with Crippen molar-refractivity contribution in [1.82, 2.24) is 19.7 Å². The molecule has 1 N–H and O–H groups in total. The van der Waals surface area contributed by atoms with Crippen molar-refractivity contribution in [3.8, 4) is 0 Å². The van der Waals surface area contributed by atoms with Gasteiger partial charge in [-0.2, -0.15) is 0 Å². The maximum atomic E-state index is 9.34. The minimum atomic E-state index is 0.104. The van der Waals surface area contributed by atoms with Gasteiger partial charge in [-0.25, -0.2) is 0 Å². The highest BCUT2D eigenvalue weighted by Gasteiger charge is 2.37. The fourth-order valence-corrected chi connectivity index (χ4v) is 5.70. The molecular weight excluding hydrogens is 412 g/mol. The fourth-order valence-electron chi connectivity index (χ4n) is 5.29. The molecule has 3 aromatic rings. The number of aliphatic hydroxyl groups excluding tert-OH is 1. The van der Waals surface area contributed by atoms with E-state index in [0.717, 1.165) is 57.6 Å². The van der Waals surface area contributed by atoms with Crippen LogP contribution in [0.3, 0.4) is 0 Å². The number of rotatable bonds is 6. The highest BCUT2D eigenvalue weighted by atomic mass is 35.5. The average Bonchev–Trinajstić information content (AvgIpc) is 3.43. The normalized spacial score (nSPS) is 25.9. The number of alkyl halides is 1. The number of hydrogen-bond donors (Lipinski definition) is 1. The molecule has 3 heterocycles. The zero-order valence-electron chi connectivity index (χ0n) is 17.9. The predicted molar refractivity (Wildman–Crippen MR) is 121 cm³/mol. The average molecular weight is 443 g/mol. The summed E-state index contributed by atoms with van der Waals surface area (Å²) in [5.41, 5.74) is 1.24. The Morgan fingerprint density at radius 2 is 1.90 bits per heavy atom. The molecule has 166 valence electrons. The molecule has 2 aromatic heterocycles. The molecule has 31 heavy (non-hydrogen) atoms. The van der Waals surface area contributed by atoms with Gasteiger partial charge in [0, 0.05) is 42.1 Å². The molecule has 3 unspecified atom stereocenters. The van der Waals surface area contributed by atoms with Crippen LogP contribution < -0.4 is 0 Å². The zero-order valence-corrected chi connectivity index (χ0v) is 18.6. The second-order valence-electron chi connectivity index (χ2n) is 9.18. The Hall–Kier alpha value is -1.89. The molecule has 1 aliphatic carbocycles. The van der Waals surface area contributed by atoms with Gasteiger partial charge in [0.2, 0.25) is 11.8 Å². The van der Waals surface area contributed by atoms with Crippen molar-refractivity contribution in [2.45, 2.75) is 56.5 Å². The molecule has 2 fully saturated rings. The van der Waals surface area contributed by atoms with Gasteiger partial charge in [0.15, 0.2) is 0 Å². The van der Waals surface area contributed by atoms with Gasteiger partial charge in [0.05, 0.1) is 6.54 Å². The lowest BCUT2D eigenvalue weighted by Gasteiger charge is -2.33. The maximum absolute atomic E-state index is 9.34. The largest absolute Gasteiger partial charge is 0.424 e. The van der Waals surface area contributed by atoms with Crippen molar-refractivity contribution in [2.24, 2.45) is 11.8 Å². The van der Waals surface area contributed by atoms with Crippen LogP contribution in [0.2, 0.25) is 0 Å². The number of likely N-dealkylation sites (tertiary alicyclic amines) is 1. The van der Waals surface area contributed by atoms with E-state index in [1.165, 1.54) is 10.9 Å². The van der Waals surface area contributed by atoms with Crippen molar-refractivity contribution in [2.75, 3.05) is 19.7 Å². The molecule has 7 heteroatoms. The first-order valence-corrected chi connectivity index (χ1v) is 12.0. The lowest BCUT2D eigenvalue weighted by atomic mass is 9.78. The summed E-state index contributed by atoms with van der Waals surface area (Å²) in [7, 11) is 0. The first-order valence-electron chi connectivity index (χ1n) is 11.5. The fraction of sp³-hybridized carbons (Fsp3) is 0.583. The van der Waals surface area contributed by atoms with Gasteiger partial charge in [0.25, 0.3) is 0 Å². The van der Waals surface area contributed by atoms with E-state index in [0.29, 0.717) is 18.4 Å². The molecule has 1 aliphatic heterocycles. The van der Waals surface area contributed by atoms with Crippen LogP contribution in [-0.2, 0) is 13.1 Å². The number of aliphatic hydroxyl groups is 1. The van der Waals surface area contributed by atoms with E-state index >= 15 is 0 Å². The van der Waals surface area contributed by atoms with Gasteiger partial charge < -0.3 is 14.1 Å². The highest BCUT2D eigenvalue weighted by molar-refractivity contribution is 6.20. The van der Waals surface area contributed by atoms with E-state index in [9.17, 15) is 5.11 Å². The van der Waals surface area contributed by atoms with Crippen LogP contribution in [0, 0.1) is 11.8 Å².